The highest BCUT2D eigenvalue weighted by Gasteiger charge is 2.12. The van der Waals surface area contributed by atoms with Gasteiger partial charge < -0.3 is 4.90 Å². The van der Waals surface area contributed by atoms with Gasteiger partial charge >= 0.3 is 0 Å². The molecule has 0 aromatic heterocycles. The van der Waals surface area contributed by atoms with E-state index in [9.17, 15) is 14.9 Å². The predicted molar refractivity (Wildman–Crippen MR) is 82.2 cm³/mol. The van der Waals surface area contributed by atoms with Crippen LogP contribution in [0.2, 0.25) is 0 Å². The van der Waals surface area contributed by atoms with Crippen LogP contribution in [0.4, 0.5) is 5.69 Å². The molecule has 1 rings (SSSR count). The Kier molecular flexibility index (Phi) is 6.81. The van der Waals surface area contributed by atoms with Crippen LogP contribution in [0.25, 0.3) is 0 Å². The van der Waals surface area contributed by atoms with Gasteiger partial charge in [0, 0.05) is 31.8 Å². The van der Waals surface area contributed by atoms with E-state index in [1.807, 2.05) is 30.7 Å². The summed E-state index contributed by atoms with van der Waals surface area (Å²) >= 11 is 0. The fourth-order valence-electron chi connectivity index (χ4n) is 2.09. The zero-order valence-corrected chi connectivity index (χ0v) is 12.9. The Balaban J connectivity index is 2.44. The average Bonchev–Trinajstić information content (AvgIpc) is 2.46. The molecule has 0 N–H and O–H groups in total. The first kappa shape index (κ1) is 17.1. The summed E-state index contributed by atoms with van der Waals surface area (Å²) in [5.41, 5.74) is 1.13. The quantitative estimate of drug-likeness (QED) is 0.542. The monoisotopic (exact) mass is 293 g/mol. The van der Waals surface area contributed by atoms with Gasteiger partial charge in [0.05, 0.1) is 11.5 Å². The van der Waals surface area contributed by atoms with Crippen molar-refractivity contribution in [1.82, 2.24) is 9.80 Å². The maximum Gasteiger partial charge on any atom is 0.269 e. The second-order valence-corrected chi connectivity index (χ2v) is 4.98. The van der Waals surface area contributed by atoms with E-state index in [0.717, 1.165) is 31.6 Å². The standard InChI is InChI=1S/C15H23N3O3/c1-4-17(5-2)15(19)12-16(3)11-10-13-6-8-14(9-7-13)18(20)21/h6-9H,4-5,10-12H2,1-3H3. The van der Waals surface area contributed by atoms with Crippen molar-refractivity contribution >= 4 is 11.6 Å². The van der Waals surface area contributed by atoms with E-state index in [0.29, 0.717) is 6.54 Å². The largest absolute Gasteiger partial charge is 0.342 e. The Morgan fingerprint density at radius 2 is 1.76 bits per heavy atom. The van der Waals surface area contributed by atoms with Crippen LogP contribution in [0.3, 0.4) is 0 Å². The van der Waals surface area contributed by atoms with Crippen molar-refractivity contribution in [2.75, 3.05) is 33.2 Å². The van der Waals surface area contributed by atoms with Crippen LogP contribution in [-0.4, -0.2) is 53.9 Å². The maximum absolute atomic E-state index is 12.0. The molecule has 0 unspecified atom stereocenters. The summed E-state index contributed by atoms with van der Waals surface area (Å²) in [5, 5.41) is 10.6. The van der Waals surface area contributed by atoms with Crippen molar-refractivity contribution in [3.8, 4) is 0 Å². The van der Waals surface area contributed by atoms with Crippen molar-refractivity contribution < 1.29 is 9.72 Å². The van der Waals surface area contributed by atoms with Gasteiger partial charge in [-0.25, -0.2) is 0 Å². The summed E-state index contributed by atoms with van der Waals surface area (Å²) in [7, 11) is 1.91. The number of non-ortho nitro benzene ring substituents is 1. The molecule has 6 nitrogen and oxygen atoms in total. The second-order valence-electron chi connectivity index (χ2n) is 4.98. The number of benzene rings is 1. The first-order chi connectivity index (χ1) is 9.97. The number of nitro groups is 1. The molecule has 0 aliphatic rings. The molecule has 0 aliphatic carbocycles. The van der Waals surface area contributed by atoms with Crippen molar-refractivity contribution in [2.24, 2.45) is 0 Å². The third-order valence-corrected chi connectivity index (χ3v) is 3.45. The highest BCUT2D eigenvalue weighted by atomic mass is 16.6. The molecule has 0 atom stereocenters. The van der Waals surface area contributed by atoms with E-state index in [-0.39, 0.29) is 11.6 Å². The molecule has 1 aromatic rings. The lowest BCUT2D eigenvalue weighted by Crippen LogP contribution is -2.39. The molecule has 1 amide bonds. The SMILES string of the molecule is CCN(CC)C(=O)CN(C)CCc1ccc([N+](=O)[O-])cc1. The molecule has 0 fully saturated rings. The first-order valence-electron chi connectivity index (χ1n) is 7.17. The number of rotatable bonds is 8. The van der Waals surface area contributed by atoms with Crippen LogP contribution in [0.5, 0.6) is 0 Å². The predicted octanol–water partition coefficient (Wildman–Crippen LogP) is 1.94. The fraction of sp³-hybridized carbons (Fsp3) is 0.533. The van der Waals surface area contributed by atoms with Crippen molar-refractivity contribution in [3.63, 3.8) is 0 Å². The topological polar surface area (TPSA) is 66.7 Å². The Hall–Kier alpha value is -1.95. The van der Waals surface area contributed by atoms with Crippen LogP contribution in [-0.2, 0) is 11.2 Å². The molecule has 21 heavy (non-hydrogen) atoms. The fourth-order valence-corrected chi connectivity index (χ4v) is 2.09. The number of nitrogens with zero attached hydrogens (tertiary/aromatic N) is 3. The summed E-state index contributed by atoms with van der Waals surface area (Å²) in [6, 6.07) is 6.54. The highest BCUT2D eigenvalue weighted by molar-refractivity contribution is 5.78. The number of carbonyl (C=O) groups is 1. The minimum atomic E-state index is -0.404. The van der Waals surface area contributed by atoms with Crippen molar-refractivity contribution in [3.05, 3.63) is 39.9 Å². The highest BCUT2D eigenvalue weighted by Crippen LogP contribution is 2.12. The van der Waals surface area contributed by atoms with E-state index in [1.165, 1.54) is 12.1 Å². The van der Waals surface area contributed by atoms with E-state index < -0.39 is 4.92 Å². The molecule has 0 bridgehead atoms. The normalized spacial score (nSPS) is 10.7. The molecular formula is C15H23N3O3. The number of hydrogen-bond acceptors (Lipinski definition) is 4. The number of likely N-dealkylation sites (N-methyl/N-ethyl adjacent to an activating group) is 2. The lowest BCUT2D eigenvalue weighted by molar-refractivity contribution is -0.384. The minimum Gasteiger partial charge on any atom is -0.342 e. The number of amides is 1. The Labute approximate surface area is 125 Å². The smallest absolute Gasteiger partial charge is 0.269 e. The summed E-state index contributed by atoms with van der Waals surface area (Å²) in [6.45, 7) is 6.53. The summed E-state index contributed by atoms with van der Waals surface area (Å²) in [6.07, 6.45) is 0.764. The van der Waals surface area contributed by atoms with Gasteiger partial charge in [-0.3, -0.25) is 19.8 Å². The van der Waals surface area contributed by atoms with Gasteiger partial charge in [0.25, 0.3) is 5.69 Å². The minimum absolute atomic E-state index is 0.101. The molecule has 0 heterocycles. The molecule has 0 spiro atoms. The van der Waals surface area contributed by atoms with E-state index >= 15 is 0 Å². The van der Waals surface area contributed by atoms with Crippen molar-refractivity contribution in [2.45, 2.75) is 20.3 Å². The van der Waals surface area contributed by atoms with Gasteiger partial charge in [0.2, 0.25) is 5.91 Å². The zero-order chi connectivity index (χ0) is 15.8. The third-order valence-electron chi connectivity index (χ3n) is 3.45. The van der Waals surface area contributed by atoms with E-state index in [4.69, 9.17) is 0 Å². The van der Waals surface area contributed by atoms with Crippen molar-refractivity contribution in [1.29, 1.82) is 0 Å². The van der Waals surface area contributed by atoms with E-state index in [2.05, 4.69) is 0 Å². The maximum atomic E-state index is 12.0. The molecule has 0 radical (unpaired) electrons. The van der Waals surface area contributed by atoms with Gasteiger partial charge in [-0.15, -0.1) is 0 Å². The Bertz CT molecular complexity index is 470. The molecule has 116 valence electrons. The average molecular weight is 293 g/mol. The number of nitro benzene ring substituents is 1. The Morgan fingerprint density at radius 3 is 2.24 bits per heavy atom. The summed E-state index contributed by atoms with van der Waals surface area (Å²) < 4.78 is 0. The number of carbonyl (C=O) groups excluding carboxylic acids is 1. The van der Waals surface area contributed by atoms with Gasteiger partial charge in [-0.05, 0) is 32.9 Å². The van der Waals surface area contributed by atoms with Gasteiger partial charge in [-0.2, -0.15) is 0 Å². The molecule has 0 saturated heterocycles. The first-order valence-corrected chi connectivity index (χ1v) is 7.17. The molecular weight excluding hydrogens is 270 g/mol. The Morgan fingerprint density at radius 1 is 1.19 bits per heavy atom. The summed E-state index contributed by atoms with van der Waals surface area (Å²) in [5.74, 6) is 0.131. The second kappa shape index (κ2) is 8.36. The zero-order valence-electron chi connectivity index (χ0n) is 12.9. The summed E-state index contributed by atoms with van der Waals surface area (Å²) in [4.78, 5) is 25.9. The van der Waals surface area contributed by atoms with E-state index in [1.54, 1.807) is 12.1 Å². The lowest BCUT2D eigenvalue weighted by atomic mass is 10.1. The molecule has 0 aliphatic heterocycles. The van der Waals surface area contributed by atoms with Crippen LogP contribution in [0.15, 0.2) is 24.3 Å². The molecule has 6 heteroatoms. The van der Waals surface area contributed by atoms with Crippen LogP contribution in [0, 0.1) is 10.1 Å². The third kappa shape index (κ3) is 5.51. The molecule has 0 saturated carbocycles. The number of hydrogen-bond donors (Lipinski definition) is 0. The van der Waals surface area contributed by atoms with Crippen LogP contribution in [0.1, 0.15) is 19.4 Å². The van der Waals surface area contributed by atoms with Crippen LogP contribution < -0.4 is 0 Å². The van der Waals surface area contributed by atoms with Gasteiger partial charge in [0.1, 0.15) is 0 Å². The lowest BCUT2D eigenvalue weighted by Gasteiger charge is -2.23. The van der Waals surface area contributed by atoms with Gasteiger partial charge in [0.15, 0.2) is 0 Å². The van der Waals surface area contributed by atoms with Gasteiger partial charge in [-0.1, -0.05) is 12.1 Å². The molecule has 1 aromatic carbocycles. The van der Waals surface area contributed by atoms with Crippen LogP contribution >= 0.6 is 0 Å².